The van der Waals surface area contributed by atoms with Gasteiger partial charge in [0.15, 0.2) is 0 Å². The minimum Gasteiger partial charge on any atom is -0.341 e. The van der Waals surface area contributed by atoms with E-state index in [9.17, 15) is 13.2 Å². The molecule has 0 unspecified atom stereocenters. The van der Waals surface area contributed by atoms with Crippen molar-refractivity contribution in [2.75, 3.05) is 11.0 Å². The molecule has 0 radical (unpaired) electrons. The van der Waals surface area contributed by atoms with E-state index in [1.54, 1.807) is 24.3 Å². The number of hydrogen-bond donors (Lipinski definition) is 2. The number of nitrogens with one attached hydrogen (secondary N) is 2. The first kappa shape index (κ1) is 19.6. The van der Waals surface area contributed by atoms with Crippen molar-refractivity contribution < 1.29 is 13.2 Å². The highest BCUT2D eigenvalue weighted by atomic mass is 32.2. The molecular formula is C22H22N2O3S. The highest BCUT2D eigenvalue weighted by molar-refractivity contribution is 7.92. The summed E-state index contributed by atoms with van der Waals surface area (Å²) in [5, 5.41) is 3.08. The lowest BCUT2D eigenvalue weighted by molar-refractivity contribution is 0.0943. The Bertz CT molecular complexity index is 1050. The summed E-state index contributed by atoms with van der Waals surface area (Å²) in [6.45, 7) is 2.02. The predicted molar refractivity (Wildman–Crippen MR) is 112 cm³/mol. The number of benzene rings is 3. The van der Waals surface area contributed by atoms with E-state index >= 15 is 0 Å². The van der Waals surface area contributed by atoms with Crippen molar-refractivity contribution in [3.63, 3.8) is 0 Å². The number of anilines is 1. The number of aryl methyl sites for hydroxylation is 1. The van der Waals surface area contributed by atoms with Crippen LogP contribution in [0.3, 0.4) is 0 Å². The Morgan fingerprint density at radius 3 is 1.96 bits per heavy atom. The van der Waals surface area contributed by atoms with Gasteiger partial charge in [-0.15, -0.1) is 0 Å². The molecule has 144 valence electrons. The van der Waals surface area contributed by atoms with Gasteiger partial charge in [-0.05, 0) is 42.3 Å². The number of carbonyl (C=O) groups is 1. The van der Waals surface area contributed by atoms with Crippen molar-refractivity contribution in [1.29, 1.82) is 0 Å². The van der Waals surface area contributed by atoms with E-state index in [0.717, 1.165) is 22.9 Å². The van der Waals surface area contributed by atoms with Gasteiger partial charge in [0.2, 0.25) is 10.0 Å². The normalized spacial score (nSPS) is 12.2. The summed E-state index contributed by atoms with van der Waals surface area (Å²) in [5.41, 5.74) is 3.98. The molecule has 3 aromatic rings. The molecule has 28 heavy (non-hydrogen) atoms. The largest absolute Gasteiger partial charge is 0.341 e. The Morgan fingerprint density at radius 1 is 0.821 bits per heavy atom. The highest BCUT2D eigenvalue weighted by Crippen LogP contribution is 2.23. The molecule has 0 heterocycles. The summed E-state index contributed by atoms with van der Waals surface area (Å²) in [6.07, 6.45) is 1.08. The van der Waals surface area contributed by atoms with Crippen LogP contribution in [0, 0.1) is 6.92 Å². The average molecular weight is 394 g/mol. The van der Waals surface area contributed by atoms with Crippen LogP contribution in [0.2, 0.25) is 0 Å². The van der Waals surface area contributed by atoms with Crippen LogP contribution in [0.4, 0.5) is 5.69 Å². The Balaban J connectivity index is 1.84. The smallest absolute Gasteiger partial charge is 0.252 e. The number of carbonyl (C=O) groups excluding carboxylic acids is 1. The molecule has 0 aliphatic carbocycles. The zero-order chi connectivity index (χ0) is 20.1. The van der Waals surface area contributed by atoms with Crippen LogP contribution >= 0.6 is 0 Å². The molecule has 0 saturated carbocycles. The topological polar surface area (TPSA) is 75.3 Å². The van der Waals surface area contributed by atoms with Crippen molar-refractivity contribution in [3.8, 4) is 0 Å². The van der Waals surface area contributed by atoms with Gasteiger partial charge >= 0.3 is 0 Å². The zero-order valence-corrected chi connectivity index (χ0v) is 16.5. The van der Waals surface area contributed by atoms with Gasteiger partial charge in [-0.1, -0.05) is 60.2 Å². The second-order valence-electron chi connectivity index (χ2n) is 6.68. The van der Waals surface area contributed by atoms with E-state index in [2.05, 4.69) is 10.0 Å². The molecule has 0 saturated heterocycles. The molecule has 1 atom stereocenters. The first-order chi connectivity index (χ1) is 13.3. The molecule has 0 aliphatic heterocycles. The monoisotopic (exact) mass is 394 g/mol. The van der Waals surface area contributed by atoms with E-state index < -0.39 is 10.0 Å². The van der Waals surface area contributed by atoms with Crippen molar-refractivity contribution >= 4 is 21.6 Å². The van der Waals surface area contributed by atoms with Crippen molar-refractivity contribution in [2.45, 2.75) is 13.0 Å². The van der Waals surface area contributed by atoms with Gasteiger partial charge in [0.05, 0.1) is 12.3 Å². The molecule has 1 amide bonds. The minimum atomic E-state index is -3.36. The Morgan fingerprint density at radius 2 is 1.39 bits per heavy atom. The lowest BCUT2D eigenvalue weighted by Gasteiger charge is -2.20. The molecule has 6 heteroatoms. The highest BCUT2D eigenvalue weighted by Gasteiger charge is 2.18. The van der Waals surface area contributed by atoms with E-state index in [-0.39, 0.29) is 11.9 Å². The summed E-state index contributed by atoms with van der Waals surface area (Å²) >= 11 is 0. The van der Waals surface area contributed by atoms with E-state index in [1.165, 1.54) is 0 Å². The Kier molecular flexibility index (Phi) is 5.80. The van der Waals surface area contributed by atoms with E-state index in [4.69, 9.17) is 0 Å². The second-order valence-corrected chi connectivity index (χ2v) is 8.43. The van der Waals surface area contributed by atoms with Gasteiger partial charge in [-0.25, -0.2) is 8.42 Å². The maximum absolute atomic E-state index is 12.8. The molecule has 3 aromatic carbocycles. The average Bonchev–Trinajstić information content (AvgIpc) is 2.67. The fraction of sp³-hybridized carbons (Fsp3) is 0.136. The molecule has 0 bridgehead atoms. The van der Waals surface area contributed by atoms with Crippen molar-refractivity contribution in [3.05, 3.63) is 101 Å². The van der Waals surface area contributed by atoms with Gasteiger partial charge in [-0.2, -0.15) is 0 Å². The van der Waals surface area contributed by atoms with Gasteiger partial charge in [0.1, 0.15) is 0 Å². The Hall–Kier alpha value is -3.12. The molecule has 0 spiro atoms. The van der Waals surface area contributed by atoms with Crippen LogP contribution in [0.1, 0.15) is 33.1 Å². The van der Waals surface area contributed by atoms with Gasteiger partial charge in [0.25, 0.3) is 5.91 Å². The maximum Gasteiger partial charge on any atom is 0.252 e. The van der Waals surface area contributed by atoms with Crippen LogP contribution in [-0.4, -0.2) is 20.6 Å². The van der Waals surface area contributed by atoms with Crippen LogP contribution < -0.4 is 10.0 Å². The SMILES string of the molecule is Cc1ccc([C@@H](NC(=O)c2ccc(NS(C)(=O)=O)cc2)c2ccccc2)cc1. The lowest BCUT2D eigenvalue weighted by Crippen LogP contribution is -2.29. The lowest BCUT2D eigenvalue weighted by atomic mass is 9.97. The van der Waals surface area contributed by atoms with E-state index in [0.29, 0.717) is 11.3 Å². The van der Waals surface area contributed by atoms with Crippen LogP contribution in [0.5, 0.6) is 0 Å². The molecule has 0 fully saturated rings. The standard InChI is InChI=1S/C22H22N2O3S/c1-16-8-10-18(11-9-16)21(17-6-4-3-5-7-17)23-22(25)19-12-14-20(15-13-19)24-28(2,26)27/h3-15,21,24H,1-2H3,(H,23,25)/t21-/m0/s1. The second kappa shape index (κ2) is 8.27. The molecule has 2 N–H and O–H groups in total. The van der Waals surface area contributed by atoms with Crippen molar-refractivity contribution in [1.82, 2.24) is 5.32 Å². The van der Waals surface area contributed by atoms with Gasteiger partial charge in [-0.3, -0.25) is 9.52 Å². The summed E-state index contributed by atoms with van der Waals surface area (Å²) in [7, 11) is -3.36. The third kappa shape index (κ3) is 5.20. The fourth-order valence-corrected chi connectivity index (χ4v) is 3.45. The molecule has 0 aliphatic rings. The third-order valence-corrected chi connectivity index (χ3v) is 4.88. The first-order valence-corrected chi connectivity index (χ1v) is 10.7. The zero-order valence-electron chi connectivity index (χ0n) is 15.7. The number of amides is 1. The van der Waals surface area contributed by atoms with Crippen LogP contribution in [0.15, 0.2) is 78.9 Å². The summed E-state index contributed by atoms with van der Waals surface area (Å²) in [6, 6.07) is 23.9. The van der Waals surface area contributed by atoms with E-state index in [1.807, 2.05) is 61.5 Å². The summed E-state index contributed by atoms with van der Waals surface area (Å²) < 4.78 is 25.0. The molecule has 5 nitrogen and oxygen atoms in total. The maximum atomic E-state index is 12.8. The first-order valence-electron chi connectivity index (χ1n) is 8.82. The van der Waals surface area contributed by atoms with Gasteiger partial charge in [0, 0.05) is 11.3 Å². The van der Waals surface area contributed by atoms with Crippen molar-refractivity contribution in [2.24, 2.45) is 0 Å². The molecular weight excluding hydrogens is 372 g/mol. The Labute approximate surface area is 165 Å². The predicted octanol–water partition coefficient (Wildman–Crippen LogP) is 3.89. The van der Waals surface area contributed by atoms with Crippen LogP contribution in [0.25, 0.3) is 0 Å². The quantitative estimate of drug-likeness (QED) is 0.666. The number of hydrogen-bond acceptors (Lipinski definition) is 3. The summed E-state index contributed by atoms with van der Waals surface area (Å²) in [4.78, 5) is 12.8. The summed E-state index contributed by atoms with van der Waals surface area (Å²) in [5.74, 6) is -0.236. The molecule has 3 rings (SSSR count). The number of rotatable bonds is 6. The van der Waals surface area contributed by atoms with Gasteiger partial charge < -0.3 is 5.32 Å². The van der Waals surface area contributed by atoms with Crippen LogP contribution in [-0.2, 0) is 10.0 Å². The minimum absolute atomic E-state index is 0.236. The third-order valence-electron chi connectivity index (χ3n) is 4.27. The fourth-order valence-electron chi connectivity index (χ4n) is 2.88. The number of sulfonamides is 1. The molecule has 0 aromatic heterocycles.